The normalized spacial score (nSPS) is 29.2. The average Bonchev–Trinajstić information content (AvgIpc) is 2.84. The maximum atomic E-state index is 12.0. The Labute approximate surface area is 96.4 Å². The number of aliphatic carboxylic acids is 1. The monoisotopic (exact) mass is 244 g/mol. The first kappa shape index (κ1) is 11.3. The van der Waals surface area contributed by atoms with Crippen molar-refractivity contribution < 1.29 is 19.5 Å². The number of carbonyl (C=O) groups excluding carboxylic acids is 2. The Kier molecular flexibility index (Phi) is 3.04. The van der Waals surface area contributed by atoms with Crippen molar-refractivity contribution >= 4 is 29.5 Å². The number of amides is 2. The van der Waals surface area contributed by atoms with Gasteiger partial charge in [-0.3, -0.25) is 9.59 Å². The van der Waals surface area contributed by atoms with Crippen LogP contribution in [0.25, 0.3) is 0 Å². The van der Waals surface area contributed by atoms with E-state index in [9.17, 15) is 14.4 Å². The predicted octanol–water partition coefficient (Wildman–Crippen LogP) is -0.891. The Bertz CT molecular complexity index is 346. The fourth-order valence-corrected chi connectivity index (χ4v) is 3.03. The molecule has 0 aromatic carbocycles. The number of thioether (sulfide) groups is 1. The molecule has 16 heavy (non-hydrogen) atoms. The van der Waals surface area contributed by atoms with Gasteiger partial charge in [0.1, 0.15) is 6.04 Å². The van der Waals surface area contributed by atoms with Crippen LogP contribution in [0.1, 0.15) is 6.42 Å². The summed E-state index contributed by atoms with van der Waals surface area (Å²) in [4.78, 5) is 35.2. The van der Waals surface area contributed by atoms with Gasteiger partial charge in [0.25, 0.3) is 0 Å². The zero-order chi connectivity index (χ0) is 11.7. The van der Waals surface area contributed by atoms with Crippen molar-refractivity contribution in [3.63, 3.8) is 0 Å². The van der Waals surface area contributed by atoms with Gasteiger partial charge in [-0.2, -0.15) is 0 Å². The van der Waals surface area contributed by atoms with Gasteiger partial charge in [-0.1, -0.05) is 0 Å². The maximum Gasteiger partial charge on any atom is 0.327 e. The van der Waals surface area contributed by atoms with Gasteiger partial charge in [-0.25, -0.2) is 4.79 Å². The zero-order valence-corrected chi connectivity index (χ0v) is 9.33. The van der Waals surface area contributed by atoms with Gasteiger partial charge in [0.15, 0.2) is 0 Å². The highest BCUT2D eigenvalue weighted by Crippen LogP contribution is 2.24. The van der Waals surface area contributed by atoms with E-state index >= 15 is 0 Å². The molecule has 0 saturated carbocycles. The molecule has 2 unspecified atom stereocenters. The van der Waals surface area contributed by atoms with Crippen LogP contribution in [0, 0.1) is 5.92 Å². The summed E-state index contributed by atoms with van der Waals surface area (Å²) in [5.74, 6) is -0.910. The van der Waals surface area contributed by atoms with Crippen LogP contribution >= 0.6 is 11.8 Å². The Morgan fingerprint density at radius 3 is 2.81 bits per heavy atom. The van der Waals surface area contributed by atoms with Crippen LogP contribution in [0.3, 0.4) is 0 Å². The first-order chi connectivity index (χ1) is 7.59. The molecular weight excluding hydrogens is 232 g/mol. The Hall–Kier alpha value is -1.24. The first-order valence-electron chi connectivity index (χ1n) is 4.97. The Morgan fingerprint density at radius 1 is 1.50 bits per heavy atom. The summed E-state index contributed by atoms with van der Waals surface area (Å²) >= 11 is 1.43. The Morgan fingerprint density at radius 2 is 2.25 bits per heavy atom. The van der Waals surface area contributed by atoms with Crippen molar-refractivity contribution in [1.82, 2.24) is 10.2 Å². The van der Waals surface area contributed by atoms with Gasteiger partial charge in [0.05, 0.1) is 11.8 Å². The lowest BCUT2D eigenvalue weighted by Crippen LogP contribution is -2.45. The van der Waals surface area contributed by atoms with Crippen molar-refractivity contribution in [3.8, 4) is 0 Å². The van der Waals surface area contributed by atoms with Crippen molar-refractivity contribution in [2.24, 2.45) is 5.92 Å². The minimum absolute atomic E-state index is 0.142. The lowest BCUT2D eigenvalue weighted by Gasteiger charge is -2.22. The van der Waals surface area contributed by atoms with Gasteiger partial charge < -0.3 is 15.3 Å². The SMILES string of the molecule is O=C1CC(C(=O)N2CSCC2C(=O)O)CN1. The summed E-state index contributed by atoms with van der Waals surface area (Å²) in [6.45, 7) is 0.325. The van der Waals surface area contributed by atoms with E-state index < -0.39 is 17.9 Å². The number of nitrogens with zero attached hydrogens (tertiary/aromatic N) is 1. The molecule has 2 aliphatic rings. The minimum Gasteiger partial charge on any atom is -0.480 e. The third kappa shape index (κ3) is 1.99. The molecule has 2 fully saturated rings. The van der Waals surface area contributed by atoms with E-state index in [0.29, 0.717) is 18.2 Å². The highest BCUT2D eigenvalue weighted by Gasteiger charge is 2.39. The third-order valence-electron chi connectivity index (χ3n) is 2.78. The van der Waals surface area contributed by atoms with E-state index in [4.69, 9.17) is 5.11 Å². The van der Waals surface area contributed by atoms with Crippen LogP contribution in [-0.4, -0.2) is 52.0 Å². The zero-order valence-electron chi connectivity index (χ0n) is 8.51. The molecular formula is C9H12N2O4S. The summed E-state index contributed by atoms with van der Waals surface area (Å²) in [6, 6.07) is -0.742. The number of rotatable bonds is 2. The van der Waals surface area contributed by atoms with Crippen LogP contribution in [0.4, 0.5) is 0 Å². The highest BCUT2D eigenvalue weighted by atomic mass is 32.2. The van der Waals surface area contributed by atoms with Crippen LogP contribution in [0.15, 0.2) is 0 Å². The quantitative estimate of drug-likeness (QED) is 0.658. The number of carboxylic acid groups (broad SMARTS) is 1. The second-order valence-corrected chi connectivity index (χ2v) is 4.87. The van der Waals surface area contributed by atoms with Crippen LogP contribution in [0.2, 0.25) is 0 Å². The van der Waals surface area contributed by atoms with Crippen LogP contribution in [0.5, 0.6) is 0 Å². The van der Waals surface area contributed by atoms with Gasteiger partial charge in [-0.15, -0.1) is 11.8 Å². The summed E-state index contributed by atoms with van der Waals surface area (Å²) in [5, 5.41) is 11.5. The van der Waals surface area contributed by atoms with Crippen molar-refractivity contribution in [3.05, 3.63) is 0 Å². The van der Waals surface area contributed by atoms with E-state index in [1.54, 1.807) is 0 Å². The van der Waals surface area contributed by atoms with E-state index in [1.807, 2.05) is 0 Å². The summed E-state index contributed by atoms with van der Waals surface area (Å²) in [6.07, 6.45) is 0.173. The lowest BCUT2D eigenvalue weighted by atomic mass is 10.1. The number of carbonyl (C=O) groups is 3. The molecule has 2 aliphatic heterocycles. The predicted molar refractivity (Wildman–Crippen MR) is 56.7 cm³/mol. The third-order valence-corrected chi connectivity index (χ3v) is 3.79. The minimum atomic E-state index is -0.976. The molecule has 0 spiro atoms. The molecule has 6 nitrogen and oxygen atoms in total. The number of carboxylic acids is 1. The Balaban J connectivity index is 2.03. The van der Waals surface area contributed by atoms with Gasteiger partial charge in [-0.05, 0) is 0 Å². The highest BCUT2D eigenvalue weighted by molar-refractivity contribution is 7.99. The fraction of sp³-hybridized carbons (Fsp3) is 0.667. The second-order valence-electron chi connectivity index (χ2n) is 3.87. The second kappa shape index (κ2) is 4.32. The van der Waals surface area contributed by atoms with Gasteiger partial charge in [0.2, 0.25) is 11.8 Å². The molecule has 0 aromatic rings. The average molecular weight is 244 g/mol. The molecule has 0 aromatic heterocycles. The van der Waals surface area contributed by atoms with Crippen molar-refractivity contribution in [1.29, 1.82) is 0 Å². The molecule has 2 N–H and O–H groups in total. The van der Waals surface area contributed by atoms with Crippen molar-refractivity contribution in [2.45, 2.75) is 12.5 Å². The first-order valence-corrected chi connectivity index (χ1v) is 6.13. The topological polar surface area (TPSA) is 86.7 Å². The molecule has 2 amide bonds. The molecule has 0 aliphatic carbocycles. The summed E-state index contributed by atoms with van der Waals surface area (Å²) < 4.78 is 0. The molecule has 2 rings (SSSR count). The molecule has 88 valence electrons. The standard InChI is InChI=1S/C9H12N2O4S/c12-7-1-5(2-10-7)8(13)11-4-16-3-6(11)9(14)15/h5-6H,1-4H2,(H,10,12)(H,14,15). The van der Waals surface area contributed by atoms with Gasteiger partial charge >= 0.3 is 5.97 Å². The molecule has 7 heteroatoms. The van der Waals surface area contributed by atoms with Crippen LogP contribution in [-0.2, 0) is 14.4 Å². The largest absolute Gasteiger partial charge is 0.480 e. The number of nitrogens with one attached hydrogen (secondary N) is 1. The fourth-order valence-electron chi connectivity index (χ4n) is 1.88. The molecule has 2 saturated heterocycles. The number of hydrogen-bond acceptors (Lipinski definition) is 4. The summed E-state index contributed by atoms with van der Waals surface area (Å²) in [7, 11) is 0. The molecule has 2 heterocycles. The molecule has 0 bridgehead atoms. The number of hydrogen-bond donors (Lipinski definition) is 2. The molecule has 2 atom stereocenters. The lowest BCUT2D eigenvalue weighted by molar-refractivity contribution is -0.149. The summed E-state index contributed by atoms with van der Waals surface area (Å²) in [5.41, 5.74) is 0. The molecule has 0 radical (unpaired) electrons. The van der Waals surface area contributed by atoms with Gasteiger partial charge in [0, 0.05) is 18.7 Å². The van der Waals surface area contributed by atoms with E-state index in [1.165, 1.54) is 16.7 Å². The van der Waals surface area contributed by atoms with Crippen molar-refractivity contribution in [2.75, 3.05) is 18.2 Å². The van der Waals surface area contributed by atoms with Crippen LogP contribution < -0.4 is 5.32 Å². The van der Waals surface area contributed by atoms with E-state index in [0.717, 1.165) is 0 Å². The van der Waals surface area contributed by atoms with E-state index in [2.05, 4.69) is 5.32 Å². The van der Waals surface area contributed by atoms with E-state index in [-0.39, 0.29) is 18.2 Å². The maximum absolute atomic E-state index is 12.0. The smallest absolute Gasteiger partial charge is 0.327 e.